The molecule has 0 amide bonds. The molecule has 0 fully saturated rings. The van der Waals surface area contributed by atoms with E-state index in [9.17, 15) is 14.7 Å². The van der Waals surface area contributed by atoms with Gasteiger partial charge in [-0.15, -0.1) is 0 Å². The zero-order valence-electron chi connectivity index (χ0n) is 18.4. The van der Waals surface area contributed by atoms with Crippen LogP contribution in [0.25, 0.3) is 11.0 Å². The number of esters is 1. The molecule has 1 aromatic heterocycles. The lowest BCUT2D eigenvalue weighted by atomic mass is 9.87. The van der Waals surface area contributed by atoms with E-state index in [1.165, 1.54) is 12.1 Å². The summed E-state index contributed by atoms with van der Waals surface area (Å²) in [6.45, 7) is 1.94. The molecule has 0 saturated heterocycles. The molecule has 170 valence electrons. The quantitative estimate of drug-likeness (QED) is 0.349. The number of nitrogens with zero attached hydrogens (tertiary/aromatic N) is 2. The molecule has 7 heteroatoms. The largest absolute Gasteiger partial charge is 0.508 e. The number of hydrogen-bond acceptors (Lipinski definition) is 7. The van der Waals surface area contributed by atoms with E-state index in [1.54, 1.807) is 24.1 Å². The number of aromatic hydroxyl groups is 1. The summed E-state index contributed by atoms with van der Waals surface area (Å²) in [6, 6.07) is 24.7. The van der Waals surface area contributed by atoms with Gasteiger partial charge in [-0.3, -0.25) is 9.80 Å². The van der Waals surface area contributed by atoms with Crippen molar-refractivity contribution in [1.29, 1.82) is 0 Å². The second-order valence-corrected chi connectivity index (χ2v) is 7.92. The van der Waals surface area contributed by atoms with Gasteiger partial charge in [0.05, 0.1) is 29.6 Å². The van der Waals surface area contributed by atoms with E-state index >= 15 is 0 Å². The smallest absolute Gasteiger partial charge is 0.345 e. The number of carbonyl (C=O) groups is 1. The molecule has 34 heavy (non-hydrogen) atoms. The molecule has 3 aromatic carbocycles. The molecule has 0 bridgehead atoms. The van der Waals surface area contributed by atoms with Crippen LogP contribution in [0.1, 0.15) is 24.1 Å². The first-order chi connectivity index (χ1) is 16.6. The summed E-state index contributed by atoms with van der Waals surface area (Å²) < 4.78 is 10.9. The van der Waals surface area contributed by atoms with Gasteiger partial charge in [0.1, 0.15) is 17.3 Å². The van der Waals surface area contributed by atoms with Crippen molar-refractivity contribution in [2.45, 2.75) is 13.0 Å². The Morgan fingerprint density at radius 1 is 1.03 bits per heavy atom. The van der Waals surface area contributed by atoms with Crippen LogP contribution < -0.4 is 10.6 Å². The minimum absolute atomic E-state index is 0.00889. The van der Waals surface area contributed by atoms with E-state index in [2.05, 4.69) is 0 Å². The van der Waals surface area contributed by atoms with Crippen LogP contribution in [-0.2, 0) is 9.53 Å². The van der Waals surface area contributed by atoms with Crippen LogP contribution in [0.5, 0.6) is 5.75 Å². The number of carbonyl (C=O) groups excluding carboxylic acids is 1. The molecular weight excluding hydrogens is 432 g/mol. The normalized spacial score (nSPS) is 17.6. The maximum absolute atomic E-state index is 13.3. The first-order valence-electron chi connectivity index (χ1n) is 11.0. The molecule has 7 nitrogen and oxygen atoms in total. The van der Waals surface area contributed by atoms with Crippen LogP contribution in [0.3, 0.4) is 0 Å². The maximum atomic E-state index is 13.3. The standard InChI is InChI=1S/C27H22N2O5/c1-2-33-27(32)23-24(21-15-18-13-14-20(30)16-22(18)34-26(21)31)28-29(19-11-7-4-8-12-19)25(23)17-9-5-3-6-10-17/h3-16,23,25,30H,2H2,1H3. The Kier molecular flexibility index (Phi) is 5.59. The summed E-state index contributed by atoms with van der Waals surface area (Å²) in [5.41, 5.74) is 1.69. The molecule has 0 saturated carbocycles. The Morgan fingerprint density at radius 3 is 2.44 bits per heavy atom. The third-order valence-corrected chi connectivity index (χ3v) is 5.79. The summed E-state index contributed by atoms with van der Waals surface area (Å²) >= 11 is 0. The predicted octanol–water partition coefficient (Wildman–Crippen LogP) is 4.64. The highest BCUT2D eigenvalue weighted by atomic mass is 16.5. The van der Waals surface area contributed by atoms with Gasteiger partial charge in [0, 0.05) is 11.5 Å². The molecule has 0 aliphatic carbocycles. The first kappa shape index (κ1) is 21.5. The highest BCUT2D eigenvalue weighted by molar-refractivity contribution is 6.15. The minimum atomic E-state index is -0.861. The maximum Gasteiger partial charge on any atom is 0.345 e. The van der Waals surface area contributed by atoms with Crippen LogP contribution >= 0.6 is 0 Å². The number of hydrogen-bond donors (Lipinski definition) is 1. The second-order valence-electron chi connectivity index (χ2n) is 7.92. The molecule has 4 aromatic rings. The van der Waals surface area contributed by atoms with E-state index in [1.807, 2.05) is 60.7 Å². The number of phenolic OH excluding ortho intramolecular Hbond substituents is 1. The molecule has 2 unspecified atom stereocenters. The number of para-hydroxylation sites is 1. The molecular formula is C27H22N2O5. The van der Waals surface area contributed by atoms with Gasteiger partial charge >= 0.3 is 11.6 Å². The van der Waals surface area contributed by atoms with Gasteiger partial charge in [0.25, 0.3) is 0 Å². The van der Waals surface area contributed by atoms with Gasteiger partial charge in [-0.1, -0.05) is 48.5 Å². The summed E-state index contributed by atoms with van der Waals surface area (Å²) in [5, 5.41) is 16.9. The molecule has 1 aliphatic rings. The molecule has 1 N–H and O–H groups in total. The molecule has 0 radical (unpaired) electrons. The van der Waals surface area contributed by atoms with Crippen molar-refractivity contribution in [3.8, 4) is 5.75 Å². The number of fused-ring (bicyclic) bond motifs is 1. The lowest BCUT2D eigenvalue weighted by Crippen LogP contribution is -2.34. The van der Waals surface area contributed by atoms with E-state index in [0.29, 0.717) is 5.39 Å². The number of rotatable bonds is 5. The van der Waals surface area contributed by atoms with Crippen molar-refractivity contribution < 1.29 is 19.1 Å². The van der Waals surface area contributed by atoms with Crippen molar-refractivity contribution in [3.63, 3.8) is 0 Å². The van der Waals surface area contributed by atoms with E-state index in [4.69, 9.17) is 14.3 Å². The zero-order chi connectivity index (χ0) is 23.7. The monoisotopic (exact) mass is 454 g/mol. The van der Waals surface area contributed by atoms with E-state index in [0.717, 1.165) is 11.3 Å². The summed E-state index contributed by atoms with van der Waals surface area (Å²) in [4.78, 5) is 26.4. The van der Waals surface area contributed by atoms with Crippen LogP contribution in [0.4, 0.5) is 5.69 Å². The van der Waals surface area contributed by atoms with Gasteiger partial charge in [0.15, 0.2) is 0 Å². The fourth-order valence-electron chi connectivity index (χ4n) is 4.29. The zero-order valence-corrected chi connectivity index (χ0v) is 18.4. The fourth-order valence-corrected chi connectivity index (χ4v) is 4.29. The number of benzene rings is 3. The summed E-state index contributed by atoms with van der Waals surface area (Å²) in [5.74, 6) is -1.34. The average Bonchev–Trinajstić information content (AvgIpc) is 3.25. The SMILES string of the molecule is CCOC(=O)C1C(c2cc3ccc(O)cc3oc2=O)=NN(c2ccccc2)C1c1ccccc1. The van der Waals surface area contributed by atoms with Crippen molar-refractivity contribution in [2.75, 3.05) is 11.6 Å². The molecule has 2 heterocycles. The minimum Gasteiger partial charge on any atom is -0.508 e. The third kappa shape index (κ3) is 3.81. The Balaban J connectivity index is 1.73. The number of ether oxygens (including phenoxy) is 1. The van der Waals surface area contributed by atoms with Crippen molar-refractivity contribution in [3.05, 3.63) is 106 Å². The Bertz CT molecular complexity index is 1430. The Hall–Kier alpha value is -4.39. The second kappa shape index (κ2) is 8.86. The molecule has 1 aliphatic heterocycles. The average molecular weight is 454 g/mol. The lowest BCUT2D eigenvalue weighted by Gasteiger charge is -2.27. The number of anilines is 1. The fraction of sp³-hybridized carbons (Fsp3) is 0.148. The van der Waals surface area contributed by atoms with Gasteiger partial charge in [0.2, 0.25) is 0 Å². The Labute approximate surface area is 195 Å². The van der Waals surface area contributed by atoms with Crippen LogP contribution in [-0.4, -0.2) is 23.4 Å². The van der Waals surface area contributed by atoms with Crippen molar-refractivity contribution in [1.82, 2.24) is 0 Å². The molecule has 2 atom stereocenters. The van der Waals surface area contributed by atoms with E-state index in [-0.39, 0.29) is 29.2 Å². The van der Waals surface area contributed by atoms with Crippen molar-refractivity contribution >= 4 is 28.3 Å². The van der Waals surface area contributed by atoms with Crippen molar-refractivity contribution in [2.24, 2.45) is 11.0 Å². The number of phenols is 1. The predicted molar refractivity (Wildman–Crippen MR) is 129 cm³/mol. The van der Waals surface area contributed by atoms with Crippen LogP contribution in [0.2, 0.25) is 0 Å². The molecule has 0 spiro atoms. The van der Waals surface area contributed by atoms with Gasteiger partial charge in [-0.05, 0) is 42.8 Å². The highest BCUT2D eigenvalue weighted by Gasteiger charge is 2.46. The lowest BCUT2D eigenvalue weighted by molar-refractivity contribution is -0.146. The molecule has 5 rings (SSSR count). The van der Waals surface area contributed by atoms with Crippen LogP contribution in [0.15, 0.2) is 99.2 Å². The topological polar surface area (TPSA) is 92.3 Å². The van der Waals surface area contributed by atoms with Gasteiger partial charge in [-0.2, -0.15) is 5.10 Å². The highest BCUT2D eigenvalue weighted by Crippen LogP contribution is 2.41. The Morgan fingerprint density at radius 2 is 1.74 bits per heavy atom. The summed E-state index contributed by atoms with van der Waals surface area (Å²) in [7, 11) is 0. The summed E-state index contributed by atoms with van der Waals surface area (Å²) in [6.07, 6.45) is 0. The van der Waals surface area contributed by atoms with Gasteiger partial charge < -0.3 is 14.3 Å². The van der Waals surface area contributed by atoms with Gasteiger partial charge in [-0.25, -0.2) is 4.79 Å². The first-order valence-corrected chi connectivity index (χ1v) is 11.0. The third-order valence-electron chi connectivity index (χ3n) is 5.79. The van der Waals surface area contributed by atoms with Crippen LogP contribution in [0, 0.1) is 5.92 Å². The number of hydrazone groups is 1. The van der Waals surface area contributed by atoms with E-state index < -0.39 is 23.6 Å².